The predicted octanol–water partition coefficient (Wildman–Crippen LogP) is 4.94. The highest BCUT2D eigenvalue weighted by atomic mass is 32.1. The van der Waals surface area contributed by atoms with Gasteiger partial charge in [-0.25, -0.2) is 4.99 Å². The van der Waals surface area contributed by atoms with Crippen molar-refractivity contribution < 1.29 is 9.47 Å². The number of hydrogen-bond donors (Lipinski definition) is 1. The molecule has 6 heteroatoms. The number of nitrogens with zero attached hydrogens (tertiary/aromatic N) is 2. The van der Waals surface area contributed by atoms with E-state index in [0.717, 1.165) is 22.0 Å². The maximum absolute atomic E-state index is 5.37. The van der Waals surface area contributed by atoms with E-state index in [2.05, 4.69) is 18.0 Å². The fourth-order valence-electron chi connectivity index (χ4n) is 2.53. The molecule has 0 amide bonds. The average Bonchev–Trinajstić information content (AvgIpc) is 3.19. The topological polar surface area (TPSA) is 46.1 Å². The lowest BCUT2D eigenvalue weighted by Gasteiger charge is -2.26. The maximum atomic E-state index is 5.37. The lowest BCUT2D eigenvalue weighted by atomic mass is 10.2. The predicted molar refractivity (Wildman–Crippen MR) is 109 cm³/mol. The maximum Gasteiger partial charge on any atom is 0.162 e. The summed E-state index contributed by atoms with van der Waals surface area (Å²) in [5.74, 6) is 2.01. The van der Waals surface area contributed by atoms with Crippen LogP contribution in [0.1, 0.15) is 11.8 Å². The summed E-state index contributed by atoms with van der Waals surface area (Å²) in [5, 5.41) is 5.38. The molecule has 0 fully saturated rings. The van der Waals surface area contributed by atoms with E-state index in [0.29, 0.717) is 17.3 Å². The van der Waals surface area contributed by atoms with Crippen molar-refractivity contribution in [2.45, 2.75) is 6.92 Å². The molecule has 0 spiro atoms. The molecule has 5 nitrogen and oxygen atoms in total. The zero-order chi connectivity index (χ0) is 18.5. The van der Waals surface area contributed by atoms with Crippen molar-refractivity contribution in [1.29, 1.82) is 0 Å². The van der Waals surface area contributed by atoms with Gasteiger partial charge in [-0.05, 0) is 30.5 Å². The molecule has 0 saturated carbocycles. The van der Waals surface area contributed by atoms with Crippen LogP contribution < -0.4 is 14.8 Å². The number of benzene rings is 1. The first kappa shape index (κ1) is 17.8. The van der Waals surface area contributed by atoms with Crippen LogP contribution in [0.2, 0.25) is 0 Å². The normalized spacial score (nSPS) is 14.3. The first-order valence-corrected chi connectivity index (χ1v) is 8.98. The van der Waals surface area contributed by atoms with Gasteiger partial charge in [-0.3, -0.25) is 0 Å². The van der Waals surface area contributed by atoms with Crippen LogP contribution in [0.3, 0.4) is 0 Å². The van der Waals surface area contributed by atoms with Crippen molar-refractivity contribution in [3.05, 3.63) is 71.3 Å². The van der Waals surface area contributed by atoms with Gasteiger partial charge in [0, 0.05) is 24.2 Å². The lowest BCUT2D eigenvalue weighted by Crippen LogP contribution is -2.26. The van der Waals surface area contributed by atoms with Crippen LogP contribution in [0.4, 0.5) is 5.69 Å². The quantitative estimate of drug-likeness (QED) is 0.813. The minimum atomic E-state index is 0.652. The number of anilines is 1. The summed E-state index contributed by atoms with van der Waals surface area (Å²) in [5.41, 5.74) is 2.49. The molecule has 1 aliphatic heterocycles. The van der Waals surface area contributed by atoms with E-state index in [1.54, 1.807) is 25.6 Å². The summed E-state index contributed by atoms with van der Waals surface area (Å²) >= 11 is 1.65. The van der Waals surface area contributed by atoms with E-state index in [1.807, 2.05) is 59.9 Å². The van der Waals surface area contributed by atoms with Gasteiger partial charge in [0.15, 0.2) is 17.3 Å². The van der Waals surface area contributed by atoms with Crippen molar-refractivity contribution in [3.8, 4) is 11.5 Å². The summed E-state index contributed by atoms with van der Waals surface area (Å²) in [4.78, 5) is 7.82. The van der Waals surface area contributed by atoms with Crippen LogP contribution in [0, 0.1) is 0 Å². The number of rotatable bonds is 5. The molecule has 0 saturated heterocycles. The van der Waals surface area contributed by atoms with Gasteiger partial charge in [0.05, 0.1) is 30.5 Å². The summed E-state index contributed by atoms with van der Waals surface area (Å²) < 4.78 is 10.7. The molecule has 1 aliphatic rings. The molecule has 1 aromatic heterocycles. The Balaban J connectivity index is 1.94. The van der Waals surface area contributed by atoms with E-state index >= 15 is 0 Å². The van der Waals surface area contributed by atoms with Gasteiger partial charge < -0.3 is 19.7 Å². The van der Waals surface area contributed by atoms with Gasteiger partial charge >= 0.3 is 0 Å². The number of allylic oxidation sites excluding steroid dienone is 1. The van der Waals surface area contributed by atoms with Crippen molar-refractivity contribution in [2.24, 2.45) is 4.99 Å². The molecule has 0 bridgehead atoms. The summed E-state index contributed by atoms with van der Waals surface area (Å²) in [6.07, 6.45) is 5.90. The van der Waals surface area contributed by atoms with Gasteiger partial charge in [0.2, 0.25) is 0 Å². The van der Waals surface area contributed by atoms with Crippen LogP contribution in [0.15, 0.2) is 71.5 Å². The largest absolute Gasteiger partial charge is 0.493 e. The van der Waals surface area contributed by atoms with Crippen molar-refractivity contribution in [1.82, 2.24) is 4.90 Å². The Bertz CT molecular complexity index is 882. The lowest BCUT2D eigenvalue weighted by molar-refractivity contribution is 0.355. The van der Waals surface area contributed by atoms with Gasteiger partial charge in [-0.15, -0.1) is 11.3 Å². The summed E-state index contributed by atoms with van der Waals surface area (Å²) in [7, 11) is 3.23. The van der Waals surface area contributed by atoms with Crippen LogP contribution in [-0.4, -0.2) is 25.0 Å². The summed E-state index contributed by atoms with van der Waals surface area (Å²) in [6, 6.07) is 9.71. The minimum absolute atomic E-state index is 0.652. The zero-order valence-electron chi connectivity index (χ0n) is 15.0. The third-order valence-electron chi connectivity index (χ3n) is 3.81. The van der Waals surface area contributed by atoms with Crippen molar-refractivity contribution in [2.75, 3.05) is 19.5 Å². The van der Waals surface area contributed by atoms with Crippen LogP contribution in [0.5, 0.6) is 11.5 Å². The number of nitrogens with one attached hydrogen (secondary N) is 1. The Hall–Kier alpha value is -2.99. The summed E-state index contributed by atoms with van der Waals surface area (Å²) in [6.45, 7) is 6.14. The second kappa shape index (κ2) is 7.93. The van der Waals surface area contributed by atoms with Crippen molar-refractivity contribution >= 4 is 28.6 Å². The number of methoxy groups -OCH3 is 2. The highest BCUT2D eigenvalue weighted by Crippen LogP contribution is 2.32. The number of thiophene rings is 1. The Morgan fingerprint density at radius 3 is 2.65 bits per heavy atom. The Morgan fingerprint density at radius 1 is 1.19 bits per heavy atom. The van der Waals surface area contributed by atoms with Crippen LogP contribution in [0.25, 0.3) is 5.70 Å². The molecule has 134 valence electrons. The molecule has 2 heterocycles. The van der Waals surface area contributed by atoms with Crippen LogP contribution >= 0.6 is 11.3 Å². The molecule has 26 heavy (non-hydrogen) atoms. The number of amidine groups is 1. The second-order valence-electron chi connectivity index (χ2n) is 5.48. The van der Waals surface area contributed by atoms with Gasteiger partial charge in [0.25, 0.3) is 0 Å². The van der Waals surface area contributed by atoms with E-state index < -0.39 is 0 Å². The van der Waals surface area contributed by atoms with Gasteiger partial charge in [0.1, 0.15) is 0 Å². The Labute approximate surface area is 157 Å². The fourth-order valence-corrected chi connectivity index (χ4v) is 3.21. The first-order chi connectivity index (χ1) is 12.7. The number of ether oxygens (including phenoxy) is 2. The SMILES string of the molecule is C=C1C(Nc2ccc(OC)c(OC)c2)=NC(c2cccs2)=CN1/C=C\C. The van der Waals surface area contributed by atoms with E-state index in [-0.39, 0.29) is 0 Å². The Morgan fingerprint density at radius 2 is 2.00 bits per heavy atom. The monoisotopic (exact) mass is 367 g/mol. The minimum Gasteiger partial charge on any atom is -0.493 e. The van der Waals surface area contributed by atoms with E-state index in [4.69, 9.17) is 14.5 Å². The molecule has 0 atom stereocenters. The first-order valence-electron chi connectivity index (χ1n) is 8.10. The van der Waals surface area contributed by atoms with Crippen molar-refractivity contribution in [3.63, 3.8) is 0 Å². The smallest absolute Gasteiger partial charge is 0.162 e. The van der Waals surface area contributed by atoms with E-state index in [9.17, 15) is 0 Å². The molecular formula is C20H21N3O2S. The second-order valence-corrected chi connectivity index (χ2v) is 6.43. The van der Waals surface area contributed by atoms with Gasteiger partial charge in [-0.1, -0.05) is 18.7 Å². The number of aliphatic imine (C=N–C) groups is 1. The molecule has 1 aromatic carbocycles. The molecule has 0 radical (unpaired) electrons. The number of hydrogen-bond acceptors (Lipinski definition) is 6. The van der Waals surface area contributed by atoms with Gasteiger partial charge in [-0.2, -0.15) is 0 Å². The van der Waals surface area contributed by atoms with E-state index in [1.165, 1.54) is 0 Å². The third-order valence-corrected chi connectivity index (χ3v) is 4.70. The highest BCUT2D eigenvalue weighted by molar-refractivity contribution is 7.11. The molecular weight excluding hydrogens is 346 g/mol. The molecule has 1 N–H and O–H groups in total. The molecule has 3 rings (SSSR count). The third kappa shape index (κ3) is 3.65. The molecule has 2 aromatic rings. The fraction of sp³-hybridized carbons (Fsp3) is 0.150. The van der Waals surface area contributed by atoms with Crippen LogP contribution in [-0.2, 0) is 0 Å². The Kier molecular flexibility index (Phi) is 5.43. The molecule has 0 unspecified atom stereocenters. The highest BCUT2D eigenvalue weighted by Gasteiger charge is 2.19. The zero-order valence-corrected chi connectivity index (χ0v) is 15.8. The average molecular weight is 367 g/mol. The molecule has 0 aliphatic carbocycles. The standard InChI is InChI=1S/C20H21N3O2S/c1-5-10-23-13-16(19-7-6-11-26-19)22-20(14(23)2)21-15-8-9-17(24-3)18(12-15)25-4/h5-13H,2H2,1,3-4H3,(H,21,22)/b10-5-.